The standard InChI is InChI=1S/C25H24ClNO3/c1-18(28)27(16-19-7-10-22(26)11-8-19)14-13-23(20-5-3-2-4-6-20)21-9-12-24-25(15-21)30-17-29-24/h2-12,15,23H,13-14,16-17H2,1H3. The summed E-state index contributed by atoms with van der Waals surface area (Å²) in [5.41, 5.74) is 3.43. The summed E-state index contributed by atoms with van der Waals surface area (Å²) in [6, 6.07) is 24.1. The maximum Gasteiger partial charge on any atom is 0.231 e. The van der Waals surface area contributed by atoms with Crippen molar-refractivity contribution in [2.75, 3.05) is 13.3 Å². The minimum atomic E-state index is 0.0578. The minimum absolute atomic E-state index is 0.0578. The summed E-state index contributed by atoms with van der Waals surface area (Å²) in [5, 5.41) is 0.695. The van der Waals surface area contributed by atoms with Crippen LogP contribution in [0.4, 0.5) is 0 Å². The number of hydrogen-bond donors (Lipinski definition) is 0. The molecule has 0 bridgehead atoms. The third kappa shape index (κ3) is 4.77. The highest BCUT2D eigenvalue weighted by Gasteiger charge is 2.21. The number of carbonyl (C=O) groups excluding carboxylic acids is 1. The Kier molecular flexibility index (Phi) is 6.24. The fourth-order valence-corrected chi connectivity index (χ4v) is 3.91. The van der Waals surface area contributed by atoms with Gasteiger partial charge in [-0.25, -0.2) is 0 Å². The zero-order chi connectivity index (χ0) is 20.9. The highest BCUT2D eigenvalue weighted by Crippen LogP contribution is 2.37. The molecule has 0 saturated carbocycles. The fraction of sp³-hybridized carbons (Fsp3) is 0.240. The molecule has 1 aliphatic rings. The van der Waals surface area contributed by atoms with E-state index < -0.39 is 0 Å². The molecule has 1 heterocycles. The molecule has 3 aromatic rings. The first kappa shape index (κ1) is 20.3. The first-order valence-corrected chi connectivity index (χ1v) is 10.4. The van der Waals surface area contributed by atoms with Crippen LogP contribution in [0.1, 0.15) is 36.0 Å². The van der Waals surface area contributed by atoms with Crippen molar-refractivity contribution in [1.29, 1.82) is 0 Å². The van der Waals surface area contributed by atoms with Gasteiger partial charge in [-0.15, -0.1) is 0 Å². The summed E-state index contributed by atoms with van der Waals surface area (Å²) >= 11 is 5.99. The molecular weight excluding hydrogens is 398 g/mol. The van der Waals surface area contributed by atoms with Gasteiger partial charge in [0.15, 0.2) is 11.5 Å². The maximum atomic E-state index is 12.3. The zero-order valence-corrected chi connectivity index (χ0v) is 17.6. The van der Waals surface area contributed by atoms with Gasteiger partial charge < -0.3 is 14.4 Å². The molecule has 1 unspecified atom stereocenters. The number of nitrogens with zero attached hydrogens (tertiary/aromatic N) is 1. The molecule has 0 N–H and O–H groups in total. The summed E-state index contributed by atoms with van der Waals surface area (Å²) in [6.45, 7) is 3.09. The molecule has 1 aliphatic heterocycles. The largest absolute Gasteiger partial charge is 0.454 e. The van der Waals surface area contributed by atoms with Gasteiger partial charge in [-0.3, -0.25) is 4.79 Å². The number of halogens is 1. The normalized spacial score (nSPS) is 13.1. The van der Waals surface area contributed by atoms with Crippen molar-refractivity contribution < 1.29 is 14.3 Å². The molecular formula is C25H24ClNO3. The second-order valence-corrected chi connectivity index (χ2v) is 7.87. The Hall–Kier alpha value is -2.98. The Bertz CT molecular complexity index is 1000. The third-order valence-corrected chi connectivity index (χ3v) is 5.67. The van der Waals surface area contributed by atoms with E-state index in [1.54, 1.807) is 6.92 Å². The monoisotopic (exact) mass is 421 g/mol. The molecule has 1 atom stereocenters. The highest BCUT2D eigenvalue weighted by atomic mass is 35.5. The van der Waals surface area contributed by atoms with E-state index in [2.05, 4.69) is 24.3 Å². The van der Waals surface area contributed by atoms with E-state index >= 15 is 0 Å². The smallest absolute Gasteiger partial charge is 0.231 e. The summed E-state index contributed by atoms with van der Waals surface area (Å²) < 4.78 is 11.0. The molecule has 4 nitrogen and oxygen atoms in total. The Labute approximate surface area is 182 Å². The minimum Gasteiger partial charge on any atom is -0.454 e. The number of hydrogen-bond acceptors (Lipinski definition) is 3. The molecule has 0 fully saturated rings. The second-order valence-electron chi connectivity index (χ2n) is 7.43. The Balaban J connectivity index is 1.55. The lowest BCUT2D eigenvalue weighted by Gasteiger charge is -2.25. The van der Waals surface area contributed by atoms with E-state index in [-0.39, 0.29) is 18.6 Å². The molecule has 0 aromatic heterocycles. The molecule has 3 aromatic carbocycles. The topological polar surface area (TPSA) is 38.8 Å². The number of fused-ring (bicyclic) bond motifs is 1. The molecule has 0 saturated heterocycles. The van der Waals surface area contributed by atoms with Crippen molar-refractivity contribution in [3.8, 4) is 11.5 Å². The Morgan fingerprint density at radius 2 is 1.70 bits per heavy atom. The Morgan fingerprint density at radius 1 is 0.967 bits per heavy atom. The van der Waals surface area contributed by atoms with Gasteiger partial charge in [0.2, 0.25) is 12.7 Å². The molecule has 0 aliphatic carbocycles. The average Bonchev–Trinajstić information content (AvgIpc) is 3.23. The first-order chi connectivity index (χ1) is 14.6. The number of amides is 1. The summed E-state index contributed by atoms with van der Waals surface area (Å²) in [4.78, 5) is 14.2. The van der Waals surface area contributed by atoms with E-state index in [0.717, 1.165) is 29.0 Å². The van der Waals surface area contributed by atoms with E-state index in [9.17, 15) is 4.79 Å². The molecule has 30 heavy (non-hydrogen) atoms. The van der Waals surface area contributed by atoms with Gasteiger partial charge in [0.1, 0.15) is 0 Å². The van der Waals surface area contributed by atoms with Crippen LogP contribution in [-0.4, -0.2) is 24.1 Å². The van der Waals surface area contributed by atoms with Crippen molar-refractivity contribution in [1.82, 2.24) is 4.90 Å². The molecule has 0 radical (unpaired) electrons. The lowest BCUT2D eigenvalue weighted by molar-refractivity contribution is -0.129. The third-order valence-electron chi connectivity index (χ3n) is 5.42. The summed E-state index contributed by atoms with van der Waals surface area (Å²) in [7, 11) is 0. The SMILES string of the molecule is CC(=O)N(CCC(c1ccccc1)c1ccc2c(c1)OCO2)Cc1ccc(Cl)cc1. The van der Waals surface area contributed by atoms with Crippen molar-refractivity contribution in [3.63, 3.8) is 0 Å². The van der Waals surface area contributed by atoms with E-state index in [0.29, 0.717) is 18.1 Å². The second kappa shape index (κ2) is 9.23. The summed E-state index contributed by atoms with van der Waals surface area (Å²) in [5.74, 6) is 1.76. The van der Waals surface area contributed by atoms with E-state index in [4.69, 9.17) is 21.1 Å². The van der Waals surface area contributed by atoms with Gasteiger partial charge in [-0.1, -0.05) is 60.1 Å². The molecule has 0 spiro atoms. The number of rotatable bonds is 7. The summed E-state index contributed by atoms with van der Waals surface area (Å²) in [6.07, 6.45) is 0.802. The van der Waals surface area contributed by atoms with Crippen molar-refractivity contribution >= 4 is 17.5 Å². The van der Waals surface area contributed by atoms with Crippen LogP contribution >= 0.6 is 11.6 Å². The van der Waals surface area contributed by atoms with Gasteiger partial charge in [-0.05, 0) is 47.4 Å². The lowest BCUT2D eigenvalue weighted by atomic mass is 9.88. The van der Waals surface area contributed by atoms with E-state index in [1.165, 1.54) is 5.56 Å². The predicted molar refractivity (Wildman–Crippen MR) is 118 cm³/mol. The van der Waals surface area contributed by atoms with Gasteiger partial charge in [-0.2, -0.15) is 0 Å². The van der Waals surface area contributed by atoms with Crippen LogP contribution in [0.3, 0.4) is 0 Å². The van der Waals surface area contributed by atoms with Gasteiger partial charge in [0.05, 0.1) is 0 Å². The molecule has 154 valence electrons. The van der Waals surface area contributed by atoms with Crippen LogP contribution in [0.25, 0.3) is 0 Å². The van der Waals surface area contributed by atoms with E-state index in [1.807, 2.05) is 53.4 Å². The van der Waals surface area contributed by atoms with Gasteiger partial charge >= 0.3 is 0 Å². The van der Waals surface area contributed by atoms with Crippen LogP contribution in [0.2, 0.25) is 5.02 Å². The van der Waals surface area contributed by atoms with Crippen LogP contribution in [0.15, 0.2) is 72.8 Å². The molecule has 5 heteroatoms. The van der Waals surface area contributed by atoms with Crippen molar-refractivity contribution in [3.05, 3.63) is 94.5 Å². The van der Waals surface area contributed by atoms with Crippen LogP contribution in [0, 0.1) is 0 Å². The average molecular weight is 422 g/mol. The fourth-order valence-electron chi connectivity index (χ4n) is 3.78. The van der Waals surface area contributed by atoms with Gasteiger partial charge in [0.25, 0.3) is 0 Å². The Morgan fingerprint density at radius 3 is 2.43 bits per heavy atom. The maximum absolute atomic E-state index is 12.3. The van der Waals surface area contributed by atoms with Crippen molar-refractivity contribution in [2.45, 2.75) is 25.8 Å². The highest BCUT2D eigenvalue weighted by molar-refractivity contribution is 6.30. The van der Waals surface area contributed by atoms with Crippen LogP contribution in [0.5, 0.6) is 11.5 Å². The van der Waals surface area contributed by atoms with Crippen LogP contribution in [-0.2, 0) is 11.3 Å². The van der Waals surface area contributed by atoms with Gasteiger partial charge in [0, 0.05) is 31.0 Å². The molecule has 1 amide bonds. The number of ether oxygens (including phenoxy) is 2. The van der Waals surface area contributed by atoms with Crippen molar-refractivity contribution in [2.24, 2.45) is 0 Å². The molecule has 4 rings (SSSR count). The first-order valence-electron chi connectivity index (χ1n) is 10.0. The number of benzene rings is 3. The number of carbonyl (C=O) groups is 1. The van der Waals surface area contributed by atoms with Crippen LogP contribution < -0.4 is 9.47 Å². The lowest BCUT2D eigenvalue weighted by Crippen LogP contribution is -2.30. The quantitative estimate of drug-likeness (QED) is 0.495. The predicted octanol–water partition coefficient (Wildman–Crippen LogP) is 5.64. The zero-order valence-electron chi connectivity index (χ0n) is 16.9.